The second-order valence-corrected chi connectivity index (χ2v) is 6.05. The molecule has 2 heterocycles. The Hall–Kier alpha value is -2.96. The van der Waals surface area contributed by atoms with Crippen molar-refractivity contribution in [1.82, 2.24) is 15.2 Å². The third-order valence-electron chi connectivity index (χ3n) is 4.33. The number of imide groups is 1. The van der Waals surface area contributed by atoms with Crippen LogP contribution in [0.5, 0.6) is 0 Å². The van der Waals surface area contributed by atoms with Crippen molar-refractivity contribution in [3.63, 3.8) is 0 Å². The number of rotatable bonds is 6. The maximum atomic E-state index is 12.4. The van der Waals surface area contributed by atoms with Gasteiger partial charge in [0.15, 0.2) is 0 Å². The van der Waals surface area contributed by atoms with E-state index in [4.69, 9.17) is 0 Å². The van der Waals surface area contributed by atoms with Crippen LogP contribution >= 0.6 is 0 Å². The van der Waals surface area contributed by atoms with E-state index in [2.05, 4.69) is 10.3 Å². The number of para-hydroxylation sites is 1. The van der Waals surface area contributed by atoms with Crippen molar-refractivity contribution < 1.29 is 19.2 Å². The van der Waals surface area contributed by atoms with Crippen molar-refractivity contribution >= 4 is 34.4 Å². The Bertz CT molecular complexity index is 852. The maximum Gasteiger partial charge on any atom is 0.292 e. The highest BCUT2D eigenvalue weighted by molar-refractivity contribution is 6.45. The second kappa shape index (κ2) is 6.88. The lowest BCUT2D eigenvalue weighted by molar-refractivity contribution is -0.138. The van der Waals surface area contributed by atoms with E-state index >= 15 is 0 Å². The number of aromatic amines is 1. The van der Waals surface area contributed by atoms with Crippen molar-refractivity contribution in [3.8, 4) is 0 Å². The van der Waals surface area contributed by atoms with Crippen molar-refractivity contribution in [1.29, 1.82) is 0 Å². The lowest BCUT2D eigenvalue weighted by Crippen LogP contribution is -2.35. The normalized spacial score (nSPS) is 14.4. The van der Waals surface area contributed by atoms with Gasteiger partial charge in [0.1, 0.15) is 0 Å². The molecule has 0 radical (unpaired) electrons. The van der Waals surface area contributed by atoms with Gasteiger partial charge < -0.3 is 10.3 Å². The largest absolute Gasteiger partial charge is 0.358 e. The number of likely N-dealkylation sites (tertiary alicyclic amines) is 1. The summed E-state index contributed by atoms with van der Waals surface area (Å²) >= 11 is 0. The zero-order chi connectivity index (χ0) is 18.0. The van der Waals surface area contributed by atoms with E-state index in [1.807, 2.05) is 18.2 Å². The Balaban J connectivity index is 1.58. The first-order chi connectivity index (χ1) is 12.0. The third kappa shape index (κ3) is 3.31. The van der Waals surface area contributed by atoms with Crippen LogP contribution < -0.4 is 5.32 Å². The fourth-order valence-electron chi connectivity index (χ4n) is 3.07. The minimum Gasteiger partial charge on any atom is -0.358 e. The predicted molar refractivity (Wildman–Crippen MR) is 90.9 cm³/mol. The topological polar surface area (TPSA) is 99.3 Å². The maximum absolute atomic E-state index is 12.4. The molecule has 1 aromatic carbocycles. The SMILES string of the molecule is Cc1[nH]c2ccccc2c1C(=O)C(=O)NCCCN1C(=O)CCC1=O. The van der Waals surface area contributed by atoms with Crippen molar-refractivity contribution in [2.24, 2.45) is 0 Å². The lowest BCUT2D eigenvalue weighted by Gasteiger charge is -2.13. The number of hydrogen-bond donors (Lipinski definition) is 2. The summed E-state index contributed by atoms with van der Waals surface area (Å²) in [6.07, 6.45) is 0.927. The number of Topliss-reactive ketones (excluding diaryl/α,β-unsaturated/α-hetero) is 1. The zero-order valence-electron chi connectivity index (χ0n) is 13.9. The fraction of sp³-hybridized carbons (Fsp3) is 0.333. The molecule has 1 fully saturated rings. The van der Waals surface area contributed by atoms with E-state index in [9.17, 15) is 19.2 Å². The molecule has 0 aliphatic carbocycles. The summed E-state index contributed by atoms with van der Waals surface area (Å²) < 4.78 is 0. The number of H-pyrrole nitrogens is 1. The molecule has 25 heavy (non-hydrogen) atoms. The number of benzene rings is 1. The molecule has 2 aromatic rings. The summed E-state index contributed by atoms with van der Waals surface area (Å²) in [6, 6.07) is 7.31. The van der Waals surface area contributed by atoms with E-state index in [1.165, 1.54) is 4.90 Å². The molecule has 0 saturated carbocycles. The van der Waals surface area contributed by atoms with Gasteiger partial charge in [0.25, 0.3) is 11.7 Å². The molecule has 130 valence electrons. The molecule has 1 saturated heterocycles. The summed E-state index contributed by atoms with van der Waals surface area (Å²) in [4.78, 5) is 51.9. The van der Waals surface area contributed by atoms with Crippen LogP contribution in [0.25, 0.3) is 10.9 Å². The molecular formula is C18H19N3O4. The van der Waals surface area contributed by atoms with Gasteiger partial charge in [-0.25, -0.2) is 0 Å². The van der Waals surface area contributed by atoms with Gasteiger partial charge in [0.2, 0.25) is 11.8 Å². The smallest absolute Gasteiger partial charge is 0.292 e. The molecule has 7 heteroatoms. The highest BCUT2D eigenvalue weighted by Crippen LogP contribution is 2.22. The van der Waals surface area contributed by atoms with Crippen molar-refractivity contribution in [3.05, 3.63) is 35.5 Å². The van der Waals surface area contributed by atoms with Gasteiger partial charge in [-0.15, -0.1) is 0 Å². The monoisotopic (exact) mass is 341 g/mol. The Labute approximate surface area is 144 Å². The quantitative estimate of drug-likeness (QED) is 0.358. The Kier molecular flexibility index (Phi) is 4.65. The summed E-state index contributed by atoms with van der Waals surface area (Å²) in [7, 11) is 0. The van der Waals surface area contributed by atoms with Gasteiger partial charge in [0.05, 0.1) is 5.56 Å². The summed E-state index contributed by atoms with van der Waals surface area (Å²) in [5.74, 6) is -1.64. The molecule has 1 aromatic heterocycles. The number of carbonyl (C=O) groups is 4. The average Bonchev–Trinajstić information content (AvgIpc) is 3.09. The number of nitrogens with zero attached hydrogens (tertiary/aromatic N) is 1. The number of hydrogen-bond acceptors (Lipinski definition) is 4. The van der Waals surface area contributed by atoms with E-state index < -0.39 is 11.7 Å². The molecule has 0 atom stereocenters. The average molecular weight is 341 g/mol. The molecule has 0 bridgehead atoms. The van der Waals surface area contributed by atoms with Crippen molar-refractivity contribution in [2.75, 3.05) is 13.1 Å². The number of nitrogens with one attached hydrogen (secondary N) is 2. The van der Waals surface area contributed by atoms with Crippen LogP contribution in [0.1, 0.15) is 35.3 Å². The highest BCUT2D eigenvalue weighted by Gasteiger charge is 2.28. The van der Waals surface area contributed by atoms with Crippen LogP contribution in [0, 0.1) is 6.92 Å². The first kappa shape index (κ1) is 16.9. The summed E-state index contributed by atoms with van der Waals surface area (Å²) in [5, 5.41) is 3.28. The number of fused-ring (bicyclic) bond motifs is 1. The Morgan fingerprint density at radius 1 is 1.16 bits per heavy atom. The first-order valence-corrected chi connectivity index (χ1v) is 8.22. The number of aromatic nitrogens is 1. The Morgan fingerprint density at radius 3 is 2.56 bits per heavy atom. The van der Waals surface area contributed by atoms with E-state index in [-0.39, 0.29) is 37.7 Å². The lowest BCUT2D eigenvalue weighted by atomic mass is 10.1. The van der Waals surface area contributed by atoms with E-state index in [0.717, 1.165) is 5.52 Å². The second-order valence-electron chi connectivity index (χ2n) is 6.05. The van der Waals surface area contributed by atoms with E-state index in [1.54, 1.807) is 13.0 Å². The summed E-state index contributed by atoms with van der Waals surface area (Å²) in [5.41, 5.74) is 1.83. The minimum atomic E-state index is -0.688. The number of ketones is 1. The van der Waals surface area contributed by atoms with Crippen molar-refractivity contribution in [2.45, 2.75) is 26.2 Å². The number of carbonyl (C=O) groups excluding carboxylic acids is 4. The molecule has 0 unspecified atom stereocenters. The molecular weight excluding hydrogens is 322 g/mol. The molecule has 3 amide bonds. The first-order valence-electron chi connectivity index (χ1n) is 8.22. The van der Waals surface area contributed by atoms with Crippen LogP contribution in [0.15, 0.2) is 24.3 Å². The Morgan fingerprint density at radius 2 is 1.84 bits per heavy atom. The van der Waals surface area contributed by atoms with Gasteiger partial charge in [0, 0.05) is 42.5 Å². The number of amides is 3. The fourth-order valence-corrected chi connectivity index (χ4v) is 3.07. The molecule has 1 aliphatic rings. The van der Waals surface area contributed by atoms with Crippen LogP contribution in [-0.4, -0.2) is 46.5 Å². The third-order valence-corrected chi connectivity index (χ3v) is 4.33. The molecule has 0 spiro atoms. The van der Waals surface area contributed by atoms with Crippen LogP contribution in [-0.2, 0) is 14.4 Å². The van der Waals surface area contributed by atoms with Gasteiger partial charge in [-0.3, -0.25) is 24.1 Å². The van der Waals surface area contributed by atoms with Crippen LogP contribution in [0.2, 0.25) is 0 Å². The van der Waals surface area contributed by atoms with Gasteiger partial charge in [-0.2, -0.15) is 0 Å². The standard InChI is InChI=1S/C18H19N3O4/c1-11-16(12-5-2-3-6-13(12)20-11)17(24)18(25)19-9-4-10-21-14(22)7-8-15(21)23/h2-3,5-6,20H,4,7-10H2,1H3,(H,19,25). The molecule has 3 rings (SSSR count). The predicted octanol–water partition coefficient (Wildman–Crippen LogP) is 1.31. The van der Waals surface area contributed by atoms with Gasteiger partial charge in [-0.1, -0.05) is 18.2 Å². The molecule has 1 aliphatic heterocycles. The minimum absolute atomic E-state index is 0.179. The number of aryl methyl sites for hydroxylation is 1. The summed E-state index contributed by atoms with van der Waals surface area (Å²) in [6.45, 7) is 2.24. The van der Waals surface area contributed by atoms with Gasteiger partial charge >= 0.3 is 0 Å². The highest BCUT2D eigenvalue weighted by atomic mass is 16.2. The zero-order valence-corrected chi connectivity index (χ0v) is 13.9. The van der Waals surface area contributed by atoms with E-state index in [0.29, 0.717) is 23.1 Å². The van der Waals surface area contributed by atoms with Gasteiger partial charge in [-0.05, 0) is 19.4 Å². The van der Waals surface area contributed by atoms with Crippen LogP contribution in [0.3, 0.4) is 0 Å². The van der Waals surface area contributed by atoms with Crippen LogP contribution in [0.4, 0.5) is 0 Å². The molecule has 7 nitrogen and oxygen atoms in total. The molecule has 2 N–H and O–H groups in total.